The number of hydrogen-bond donors (Lipinski definition) is 2. The number of carbonyl (C=O) groups is 1. The minimum atomic E-state index is -0.945. The first-order valence-corrected chi connectivity index (χ1v) is 5.38. The smallest absolute Gasteiger partial charge is 0.312 e. The van der Waals surface area contributed by atoms with Crippen molar-refractivity contribution in [1.29, 1.82) is 0 Å². The lowest BCUT2D eigenvalue weighted by molar-refractivity contribution is -0.138. The van der Waals surface area contributed by atoms with Crippen molar-refractivity contribution >= 4 is 5.97 Å². The quantitative estimate of drug-likeness (QED) is 0.824. The number of carboxylic acid groups (broad SMARTS) is 1. The lowest BCUT2D eigenvalue weighted by Crippen LogP contribution is -2.22. The number of hydrogen-bond acceptors (Lipinski definition) is 4. The highest BCUT2D eigenvalue weighted by Crippen LogP contribution is 2.42. The molecule has 1 aliphatic rings. The molecule has 0 spiro atoms. The van der Waals surface area contributed by atoms with Crippen LogP contribution in [0.1, 0.15) is 22.6 Å². The molecule has 1 heterocycles. The Bertz CT molecular complexity index is 470. The van der Waals surface area contributed by atoms with Gasteiger partial charge in [-0.1, -0.05) is 0 Å². The Balaban J connectivity index is 2.63. The van der Waals surface area contributed by atoms with Crippen LogP contribution >= 0.6 is 0 Å². The van der Waals surface area contributed by atoms with Crippen molar-refractivity contribution in [3.63, 3.8) is 0 Å². The summed E-state index contributed by atoms with van der Waals surface area (Å²) in [5, 5.41) is 9.20. The van der Waals surface area contributed by atoms with Crippen LogP contribution < -0.4 is 15.2 Å². The van der Waals surface area contributed by atoms with E-state index in [0.717, 1.165) is 11.1 Å². The van der Waals surface area contributed by atoms with Gasteiger partial charge in [0.05, 0.1) is 5.92 Å². The fraction of sp³-hybridized carbons (Fsp3) is 0.417. The molecule has 0 saturated carbocycles. The SMILES string of the molecule is Cc1cc2c(c(C(CN)C(=O)O)c1C)OCO2. The van der Waals surface area contributed by atoms with Gasteiger partial charge in [0.25, 0.3) is 0 Å². The van der Waals surface area contributed by atoms with E-state index < -0.39 is 11.9 Å². The second-order valence-corrected chi connectivity index (χ2v) is 4.09. The van der Waals surface area contributed by atoms with E-state index in [0.29, 0.717) is 17.1 Å². The van der Waals surface area contributed by atoms with Crippen LogP contribution in [0.2, 0.25) is 0 Å². The van der Waals surface area contributed by atoms with Gasteiger partial charge in [0, 0.05) is 12.1 Å². The van der Waals surface area contributed by atoms with Gasteiger partial charge in [-0.25, -0.2) is 0 Å². The zero-order valence-corrected chi connectivity index (χ0v) is 9.82. The third kappa shape index (κ3) is 1.82. The monoisotopic (exact) mass is 237 g/mol. The van der Waals surface area contributed by atoms with Crippen LogP contribution in [0.25, 0.3) is 0 Å². The van der Waals surface area contributed by atoms with E-state index in [1.807, 2.05) is 19.9 Å². The van der Waals surface area contributed by atoms with Crippen molar-refractivity contribution in [3.05, 3.63) is 22.8 Å². The number of benzene rings is 1. The highest BCUT2D eigenvalue weighted by molar-refractivity contribution is 5.79. The zero-order valence-electron chi connectivity index (χ0n) is 9.82. The average Bonchev–Trinajstić information content (AvgIpc) is 2.71. The van der Waals surface area contributed by atoms with Gasteiger partial charge in [0.2, 0.25) is 6.79 Å². The summed E-state index contributed by atoms with van der Waals surface area (Å²) >= 11 is 0. The maximum Gasteiger partial charge on any atom is 0.312 e. The van der Waals surface area contributed by atoms with E-state index in [1.54, 1.807) is 0 Å². The van der Waals surface area contributed by atoms with Gasteiger partial charge < -0.3 is 20.3 Å². The van der Waals surface area contributed by atoms with Crippen LogP contribution in [-0.4, -0.2) is 24.4 Å². The molecule has 2 rings (SSSR count). The van der Waals surface area contributed by atoms with Crippen molar-refractivity contribution in [3.8, 4) is 11.5 Å². The summed E-state index contributed by atoms with van der Waals surface area (Å²) in [7, 11) is 0. The molecule has 0 amide bonds. The number of carboxylic acids is 1. The molecule has 0 aromatic heterocycles. The van der Waals surface area contributed by atoms with Crippen LogP contribution in [-0.2, 0) is 4.79 Å². The maximum absolute atomic E-state index is 11.2. The predicted molar refractivity (Wildman–Crippen MR) is 61.5 cm³/mol. The van der Waals surface area contributed by atoms with Crippen LogP contribution in [0.4, 0.5) is 0 Å². The van der Waals surface area contributed by atoms with Crippen LogP contribution in [0.3, 0.4) is 0 Å². The first kappa shape index (κ1) is 11.7. The molecule has 1 atom stereocenters. The third-order valence-corrected chi connectivity index (χ3v) is 3.11. The molecule has 5 heteroatoms. The number of nitrogens with two attached hydrogens (primary N) is 1. The Morgan fingerprint density at radius 1 is 1.53 bits per heavy atom. The number of ether oxygens (including phenoxy) is 2. The summed E-state index contributed by atoms with van der Waals surface area (Å²) in [6, 6.07) is 1.86. The van der Waals surface area contributed by atoms with E-state index in [2.05, 4.69) is 0 Å². The Hall–Kier alpha value is -1.75. The average molecular weight is 237 g/mol. The summed E-state index contributed by atoms with van der Waals surface area (Å²) in [6.07, 6.45) is 0. The largest absolute Gasteiger partial charge is 0.481 e. The molecule has 1 unspecified atom stereocenters. The van der Waals surface area contributed by atoms with Crippen molar-refractivity contribution in [2.24, 2.45) is 5.73 Å². The lowest BCUT2D eigenvalue weighted by atomic mass is 9.91. The summed E-state index contributed by atoms with van der Waals surface area (Å²) in [5.41, 5.74) is 8.04. The Kier molecular flexibility index (Phi) is 2.93. The highest BCUT2D eigenvalue weighted by atomic mass is 16.7. The van der Waals surface area contributed by atoms with E-state index >= 15 is 0 Å². The molecule has 1 aliphatic heterocycles. The predicted octanol–water partition coefficient (Wildman–Crippen LogP) is 1.16. The van der Waals surface area contributed by atoms with Gasteiger partial charge in [0.1, 0.15) is 0 Å². The number of fused-ring (bicyclic) bond motifs is 1. The van der Waals surface area contributed by atoms with Gasteiger partial charge in [-0.15, -0.1) is 0 Å². The van der Waals surface area contributed by atoms with Gasteiger partial charge in [0.15, 0.2) is 11.5 Å². The molecule has 0 saturated heterocycles. The first-order valence-electron chi connectivity index (χ1n) is 5.38. The molecular formula is C12H15NO4. The van der Waals surface area contributed by atoms with Gasteiger partial charge in [-0.05, 0) is 31.0 Å². The second kappa shape index (κ2) is 4.25. The summed E-state index contributed by atoms with van der Waals surface area (Å²) in [6.45, 7) is 3.95. The van der Waals surface area contributed by atoms with Crippen LogP contribution in [0.15, 0.2) is 6.07 Å². The maximum atomic E-state index is 11.2. The molecule has 0 aliphatic carbocycles. The van der Waals surface area contributed by atoms with Crippen molar-refractivity contribution in [2.75, 3.05) is 13.3 Å². The van der Waals surface area contributed by atoms with Gasteiger partial charge >= 0.3 is 5.97 Å². The lowest BCUT2D eigenvalue weighted by Gasteiger charge is -2.17. The van der Waals surface area contributed by atoms with Crippen LogP contribution in [0, 0.1) is 13.8 Å². The molecule has 92 valence electrons. The van der Waals surface area contributed by atoms with E-state index in [-0.39, 0.29) is 13.3 Å². The molecule has 3 N–H and O–H groups in total. The van der Waals surface area contributed by atoms with E-state index in [1.165, 1.54) is 0 Å². The molecule has 0 fully saturated rings. The first-order chi connectivity index (χ1) is 8.06. The zero-order chi connectivity index (χ0) is 12.6. The fourth-order valence-electron chi connectivity index (χ4n) is 2.06. The van der Waals surface area contributed by atoms with Gasteiger partial charge in [-0.3, -0.25) is 4.79 Å². The number of aryl methyl sites for hydroxylation is 1. The van der Waals surface area contributed by atoms with E-state index in [4.69, 9.17) is 15.2 Å². The van der Waals surface area contributed by atoms with Crippen LogP contribution in [0.5, 0.6) is 11.5 Å². The van der Waals surface area contributed by atoms with Crippen molar-refractivity contribution < 1.29 is 19.4 Å². The summed E-state index contributed by atoms with van der Waals surface area (Å²) in [4.78, 5) is 11.2. The van der Waals surface area contributed by atoms with Crippen molar-refractivity contribution in [2.45, 2.75) is 19.8 Å². The molecule has 0 radical (unpaired) electrons. The fourth-order valence-corrected chi connectivity index (χ4v) is 2.06. The molecule has 17 heavy (non-hydrogen) atoms. The normalized spacial score (nSPS) is 14.8. The molecule has 1 aromatic rings. The molecule has 1 aromatic carbocycles. The Morgan fingerprint density at radius 3 is 2.82 bits per heavy atom. The molecular weight excluding hydrogens is 222 g/mol. The van der Waals surface area contributed by atoms with Crippen molar-refractivity contribution in [1.82, 2.24) is 0 Å². The minimum absolute atomic E-state index is 0.0371. The Labute approximate surface area is 99.1 Å². The highest BCUT2D eigenvalue weighted by Gasteiger charge is 2.30. The third-order valence-electron chi connectivity index (χ3n) is 3.11. The molecule has 5 nitrogen and oxygen atoms in total. The Morgan fingerprint density at radius 2 is 2.24 bits per heavy atom. The summed E-state index contributed by atoms with van der Waals surface area (Å²) < 4.78 is 10.7. The van der Waals surface area contributed by atoms with E-state index in [9.17, 15) is 9.90 Å². The minimum Gasteiger partial charge on any atom is -0.481 e. The topological polar surface area (TPSA) is 81.8 Å². The second-order valence-electron chi connectivity index (χ2n) is 4.09. The molecule has 0 bridgehead atoms. The summed E-state index contributed by atoms with van der Waals surface area (Å²) in [5.74, 6) is -0.585. The van der Waals surface area contributed by atoms with Gasteiger partial charge in [-0.2, -0.15) is 0 Å². The number of rotatable bonds is 3. The number of aliphatic carboxylic acids is 1. The standard InChI is InChI=1S/C12H15NO4/c1-6-3-9-11(17-5-16-9)10(7(6)2)8(4-13)12(14)15/h3,8H,4-5,13H2,1-2H3,(H,14,15).